The Hall–Kier alpha value is -1.13. The molecule has 1 unspecified atom stereocenters. The highest BCUT2D eigenvalue weighted by atomic mass is 35.5. The molecule has 2 heterocycles. The van der Waals surface area contributed by atoms with Gasteiger partial charge >= 0.3 is 0 Å². The number of aromatic nitrogens is 3. The van der Waals surface area contributed by atoms with E-state index < -0.39 is 0 Å². The van der Waals surface area contributed by atoms with E-state index in [9.17, 15) is 0 Å². The predicted molar refractivity (Wildman–Crippen MR) is 69.4 cm³/mol. The molecule has 2 rings (SSSR count). The Morgan fingerprint density at radius 2 is 2.29 bits per heavy atom. The van der Waals surface area contributed by atoms with Crippen LogP contribution in [-0.2, 0) is 0 Å². The molecule has 0 aromatic carbocycles. The van der Waals surface area contributed by atoms with Gasteiger partial charge in [0.25, 0.3) is 0 Å². The van der Waals surface area contributed by atoms with Gasteiger partial charge in [-0.15, -0.1) is 0 Å². The minimum Gasteiger partial charge on any atom is -0.330 e. The molecule has 4 nitrogen and oxygen atoms in total. The molecular formula is C12H17ClN4. The van der Waals surface area contributed by atoms with Gasteiger partial charge in [0.05, 0.1) is 11.9 Å². The number of nitrogens with two attached hydrogens (primary N) is 1. The summed E-state index contributed by atoms with van der Waals surface area (Å²) in [4.78, 5) is 4.30. The molecular weight excluding hydrogens is 236 g/mol. The summed E-state index contributed by atoms with van der Waals surface area (Å²) in [5.41, 5.74) is 8.52. The lowest BCUT2D eigenvalue weighted by atomic mass is 10.0. The van der Waals surface area contributed by atoms with Crippen LogP contribution in [-0.4, -0.2) is 21.1 Å². The van der Waals surface area contributed by atoms with Gasteiger partial charge in [-0.3, -0.25) is 0 Å². The second kappa shape index (κ2) is 5.02. The molecule has 92 valence electrons. The molecule has 0 fully saturated rings. The van der Waals surface area contributed by atoms with Crippen LogP contribution in [0.15, 0.2) is 12.3 Å². The van der Waals surface area contributed by atoms with Crippen LogP contribution in [0.2, 0.25) is 5.15 Å². The summed E-state index contributed by atoms with van der Waals surface area (Å²) < 4.78 is 1.88. The van der Waals surface area contributed by atoms with Crippen molar-refractivity contribution in [2.75, 3.05) is 6.54 Å². The SMILES string of the molecule is Cc1cnn2c(C(C)CCCN)cc(Cl)nc12. The summed E-state index contributed by atoms with van der Waals surface area (Å²) in [6.07, 6.45) is 3.85. The van der Waals surface area contributed by atoms with E-state index in [0.717, 1.165) is 29.7 Å². The molecule has 0 radical (unpaired) electrons. The Morgan fingerprint density at radius 1 is 1.53 bits per heavy atom. The van der Waals surface area contributed by atoms with Crippen molar-refractivity contribution >= 4 is 17.2 Å². The van der Waals surface area contributed by atoms with Crippen molar-refractivity contribution < 1.29 is 0 Å². The van der Waals surface area contributed by atoms with E-state index >= 15 is 0 Å². The van der Waals surface area contributed by atoms with Crippen LogP contribution in [0.5, 0.6) is 0 Å². The van der Waals surface area contributed by atoms with E-state index in [2.05, 4.69) is 17.0 Å². The van der Waals surface area contributed by atoms with Crippen LogP contribution in [0.25, 0.3) is 5.65 Å². The van der Waals surface area contributed by atoms with Crippen LogP contribution in [0.1, 0.15) is 36.9 Å². The number of hydrogen-bond donors (Lipinski definition) is 1. The molecule has 2 aromatic rings. The summed E-state index contributed by atoms with van der Waals surface area (Å²) in [6.45, 7) is 4.86. The van der Waals surface area contributed by atoms with E-state index in [4.69, 9.17) is 17.3 Å². The average Bonchev–Trinajstić information content (AvgIpc) is 2.67. The van der Waals surface area contributed by atoms with Crippen LogP contribution >= 0.6 is 11.6 Å². The monoisotopic (exact) mass is 252 g/mol. The lowest BCUT2D eigenvalue weighted by Gasteiger charge is -2.13. The van der Waals surface area contributed by atoms with Gasteiger partial charge < -0.3 is 5.73 Å². The summed E-state index contributed by atoms with van der Waals surface area (Å²) in [6, 6.07) is 1.89. The van der Waals surface area contributed by atoms with Gasteiger partial charge in [-0.2, -0.15) is 5.10 Å². The molecule has 0 amide bonds. The minimum atomic E-state index is 0.376. The highest BCUT2D eigenvalue weighted by Gasteiger charge is 2.13. The van der Waals surface area contributed by atoms with Crippen LogP contribution in [0.3, 0.4) is 0 Å². The Labute approximate surface area is 106 Å². The Morgan fingerprint density at radius 3 is 3.00 bits per heavy atom. The van der Waals surface area contributed by atoms with Crippen molar-refractivity contribution in [1.29, 1.82) is 0 Å². The summed E-state index contributed by atoms with van der Waals surface area (Å²) in [5.74, 6) is 0.376. The largest absolute Gasteiger partial charge is 0.330 e. The minimum absolute atomic E-state index is 0.376. The number of hydrogen-bond acceptors (Lipinski definition) is 3. The standard InChI is InChI=1S/C12H17ClN4/c1-8(4-3-5-14)10-6-11(13)16-12-9(2)7-15-17(10)12/h6-8H,3-5,14H2,1-2H3. The quantitative estimate of drug-likeness (QED) is 0.851. The fourth-order valence-electron chi connectivity index (χ4n) is 1.99. The zero-order valence-electron chi connectivity index (χ0n) is 10.2. The molecule has 5 heteroatoms. The summed E-state index contributed by atoms with van der Waals surface area (Å²) in [7, 11) is 0. The average molecular weight is 253 g/mol. The summed E-state index contributed by atoms with van der Waals surface area (Å²) >= 11 is 6.05. The second-order valence-corrected chi connectivity index (χ2v) is 4.79. The number of nitrogens with zero attached hydrogens (tertiary/aromatic N) is 3. The lowest BCUT2D eigenvalue weighted by Crippen LogP contribution is -2.07. The number of rotatable bonds is 4. The molecule has 0 saturated heterocycles. The first-order valence-electron chi connectivity index (χ1n) is 5.84. The second-order valence-electron chi connectivity index (χ2n) is 4.40. The van der Waals surface area contributed by atoms with Crippen molar-refractivity contribution in [3.05, 3.63) is 28.7 Å². The summed E-state index contributed by atoms with van der Waals surface area (Å²) in [5, 5.41) is 4.88. The Bertz CT molecular complexity index is 520. The van der Waals surface area contributed by atoms with Crippen molar-refractivity contribution in [3.63, 3.8) is 0 Å². The van der Waals surface area contributed by atoms with Gasteiger partial charge in [0.2, 0.25) is 0 Å². The van der Waals surface area contributed by atoms with Crippen molar-refractivity contribution in [2.45, 2.75) is 32.6 Å². The van der Waals surface area contributed by atoms with E-state index in [-0.39, 0.29) is 0 Å². The van der Waals surface area contributed by atoms with Gasteiger partial charge in [0, 0.05) is 5.56 Å². The first-order chi connectivity index (χ1) is 8.13. The van der Waals surface area contributed by atoms with Gasteiger partial charge in [-0.05, 0) is 38.3 Å². The molecule has 0 aliphatic rings. The molecule has 0 saturated carbocycles. The topological polar surface area (TPSA) is 56.2 Å². The molecule has 2 aromatic heterocycles. The van der Waals surface area contributed by atoms with E-state index in [0.29, 0.717) is 17.6 Å². The number of aryl methyl sites for hydroxylation is 1. The van der Waals surface area contributed by atoms with Crippen LogP contribution in [0, 0.1) is 6.92 Å². The molecule has 2 N–H and O–H groups in total. The highest BCUT2D eigenvalue weighted by molar-refractivity contribution is 6.29. The number of fused-ring (bicyclic) bond motifs is 1. The Balaban J connectivity index is 2.45. The van der Waals surface area contributed by atoms with Crippen molar-refractivity contribution in [3.8, 4) is 0 Å². The molecule has 0 spiro atoms. The molecule has 17 heavy (non-hydrogen) atoms. The first kappa shape index (κ1) is 12.3. The maximum absolute atomic E-state index is 6.05. The third-order valence-electron chi connectivity index (χ3n) is 2.99. The molecule has 0 aliphatic carbocycles. The molecule has 0 bridgehead atoms. The number of halogens is 1. The van der Waals surface area contributed by atoms with E-state index in [1.807, 2.05) is 23.7 Å². The zero-order chi connectivity index (χ0) is 12.4. The zero-order valence-corrected chi connectivity index (χ0v) is 10.9. The van der Waals surface area contributed by atoms with E-state index in [1.165, 1.54) is 0 Å². The van der Waals surface area contributed by atoms with Crippen molar-refractivity contribution in [1.82, 2.24) is 14.6 Å². The maximum Gasteiger partial charge on any atom is 0.159 e. The van der Waals surface area contributed by atoms with Gasteiger partial charge in [0.1, 0.15) is 5.15 Å². The van der Waals surface area contributed by atoms with Gasteiger partial charge in [-0.25, -0.2) is 9.50 Å². The fraction of sp³-hybridized carbons (Fsp3) is 0.500. The normalized spacial score (nSPS) is 13.2. The lowest BCUT2D eigenvalue weighted by molar-refractivity contribution is 0.607. The van der Waals surface area contributed by atoms with Crippen LogP contribution < -0.4 is 5.73 Å². The third-order valence-corrected chi connectivity index (χ3v) is 3.18. The predicted octanol–water partition coefficient (Wildman–Crippen LogP) is 2.53. The van der Waals surface area contributed by atoms with Gasteiger partial charge in [-0.1, -0.05) is 18.5 Å². The van der Waals surface area contributed by atoms with Gasteiger partial charge in [0.15, 0.2) is 5.65 Å². The Kier molecular flexibility index (Phi) is 3.64. The maximum atomic E-state index is 6.05. The first-order valence-corrected chi connectivity index (χ1v) is 6.22. The highest BCUT2D eigenvalue weighted by Crippen LogP contribution is 2.24. The fourth-order valence-corrected chi connectivity index (χ4v) is 2.18. The van der Waals surface area contributed by atoms with E-state index in [1.54, 1.807) is 0 Å². The molecule has 0 aliphatic heterocycles. The van der Waals surface area contributed by atoms with Crippen LogP contribution in [0.4, 0.5) is 0 Å². The smallest absolute Gasteiger partial charge is 0.159 e. The molecule has 1 atom stereocenters. The third kappa shape index (κ3) is 2.42. The van der Waals surface area contributed by atoms with Crippen molar-refractivity contribution in [2.24, 2.45) is 5.73 Å².